The normalized spacial score (nSPS) is 11.5. The van der Waals surface area contributed by atoms with Gasteiger partial charge < -0.3 is 4.74 Å². The lowest BCUT2D eigenvalue weighted by atomic mass is 10.2. The highest BCUT2D eigenvalue weighted by Crippen LogP contribution is 2.34. The first-order valence-electron chi connectivity index (χ1n) is 3.53. The van der Waals surface area contributed by atoms with Crippen molar-refractivity contribution in [1.29, 1.82) is 0 Å². The zero-order chi connectivity index (χ0) is 10.8. The summed E-state index contributed by atoms with van der Waals surface area (Å²) in [7, 11) is 0. The summed E-state index contributed by atoms with van der Waals surface area (Å²) in [6, 6.07) is 4.51. The molecule has 1 rings (SSSR count). The Morgan fingerprint density at radius 1 is 1.36 bits per heavy atom. The molecule has 0 aliphatic carbocycles. The van der Waals surface area contributed by atoms with Crippen LogP contribution in [0.1, 0.15) is 5.56 Å². The molecule has 0 radical (unpaired) electrons. The summed E-state index contributed by atoms with van der Waals surface area (Å²) < 4.78 is 39.9. The Balaban J connectivity index is 3.05. The van der Waals surface area contributed by atoms with Gasteiger partial charge in [0.05, 0.1) is 10.4 Å². The van der Waals surface area contributed by atoms with Crippen LogP contribution in [0.2, 0.25) is 0 Å². The molecule has 1 aromatic carbocycles. The van der Waals surface area contributed by atoms with E-state index in [1.807, 2.05) is 0 Å². The third-order valence-electron chi connectivity index (χ3n) is 1.41. The first-order chi connectivity index (χ1) is 6.44. The van der Waals surface area contributed by atoms with Gasteiger partial charge in [-0.25, -0.2) is 0 Å². The maximum atomic E-state index is 12.0. The summed E-state index contributed by atoms with van der Waals surface area (Å²) in [6.45, 7) is 0. The molecular weight excluding hydrogens is 284 g/mol. The van der Waals surface area contributed by atoms with Gasteiger partial charge in [0.1, 0.15) is 5.75 Å². The topological polar surface area (TPSA) is 9.23 Å². The standard InChI is InChI=1S/C8H5BrClF3O/c9-6-3-1-2-5(4-10)7(6)14-8(11,12)13/h1-3H,4H2. The number of alkyl halides is 4. The first-order valence-corrected chi connectivity index (χ1v) is 4.86. The van der Waals surface area contributed by atoms with Crippen molar-refractivity contribution in [2.45, 2.75) is 12.2 Å². The van der Waals surface area contributed by atoms with Crippen molar-refractivity contribution in [3.8, 4) is 5.75 Å². The van der Waals surface area contributed by atoms with E-state index in [0.29, 0.717) is 5.56 Å². The van der Waals surface area contributed by atoms with Gasteiger partial charge in [0.2, 0.25) is 0 Å². The second-order valence-electron chi connectivity index (χ2n) is 2.41. The van der Waals surface area contributed by atoms with Crippen LogP contribution in [-0.4, -0.2) is 6.36 Å². The number of hydrogen-bond donors (Lipinski definition) is 0. The van der Waals surface area contributed by atoms with Gasteiger partial charge in [-0.1, -0.05) is 12.1 Å². The van der Waals surface area contributed by atoms with Crippen LogP contribution >= 0.6 is 27.5 Å². The summed E-state index contributed by atoms with van der Waals surface area (Å²) in [5, 5.41) is 0. The van der Waals surface area contributed by atoms with E-state index in [0.717, 1.165) is 0 Å². The van der Waals surface area contributed by atoms with Crippen LogP contribution in [-0.2, 0) is 5.88 Å². The van der Waals surface area contributed by atoms with Gasteiger partial charge in [0.15, 0.2) is 0 Å². The number of hydrogen-bond acceptors (Lipinski definition) is 1. The molecule has 1 nitrogen and oxygen atoms in total. The van der Waals surface area contributed by atoms with Gasteiger partial charge >= 0.3 is 6.36 Å². The Hall–Kier alpha value is -0.420. The number of para-hydroxylation sites is 1. The van der Waals surface area contributed by atoms with E-state index in [9.17, 15) is 13.2 Å². The molecule has 14 heavy (non-hydrogen) atoms. The predicted octanol–water partition coefficient (Wildman–Crippen LogP) is 4.09. The number of halogens is 5. The van der Waals surface area contributed by atoms with Gasteiger partial charge in [0, 0.05) is 5.56 Å². The molecule has 0 saturated heterocycles. The molecule has 0 fully saturated rings. The molecule has 0 N–H and O–H groups in total. The van der Waals surface area contributed by atoms with Crippen LogP contribution in [0.25, 0.3) is 0 Å². The molecule has 0 heterocycles. The molecule has 0 spiro atoms. The van der Waals surface area contributed by atoms with E-state index in [2.05, 4.69) is 20.7 Å². The summed E-state index contributed by atoms with van der Waals surface area (Å²) in [5.41, 5.74) is 0.290. The van der Waals surface area contributed by atoms with E-state index < -0.39 is 6.36 Å². The fourth-order valence-electron chi connectivity index (χ4n) is 0.889. The Morgan fingerprint density at radius 2 is 2.00 bits per heavy atom. The lowest BCUT2D eigenvalue weighted by Crippen LogP contribution is -2.18. The summed E-state index contributed by atoms with van der Waals surface area (Å²) in [6.07, 6.45) is -4.70. The maximum Gasteiger partial charge on any atom is 0.573 e. The molecule has 6 heteroatoms. The van der Waals surface area contributed by atoms with Crippen molar-refractivity contribution in [3.63, 3.8) is 0 Å². The minimum atomic E-state index is -4.70. The van der Waals surface area contributed by atoms with Gasteiger partial charge in [-0.3, -0.25) is 0 Å². The summed E-state index contributed by atoms with van der Waals surface area (Å²) in [4.78, 5) is 0. The first kappa shape index (κ1) is 11.7. The van der Waals surface area contributed by atoms with Crippen LogP contribution < -0.4 is 4.74 Å². The largest absolute Gasteiger partial charge is 0.573 e. The fraction of sp³-hybridized carbons (Fsp3) is 0.250. The minimum Gasteiger partial charge on any atom is -0.404 e. The average molecular weight is 289 g/mol. The van der Waals surface area contributed by atoms with Crippen molar-refractivity contribution >= 4 is 27.5 Å². The zero-order valence-electron chi connectivity index (χ0n) is 6.74. The fourth-order valence-corrected chi connectivity index (χ4v) is 1.59. The van der Waals surface area contributed by atoms with Crippen molar-refractivity contribution in [2.75, 3.05) is 0 Å². The highest BCUT2D eigenvalue weighted by atomic mass is 79.9. The molecular formula is C8H5BrClF3O. The molecule has 0 aliphatic rings. The highest BCUT2D eigenvalue weighted by Gasteiger charge is 2.32. The van der Waals surface area contributed by atoms with Crippen LogP contribution in [0, 0.1) is 0 Å². The summed E-state index contributed by atoms with van der Waals surface area (Å²) in [5.74, 6) is -0.319. The molecule has 0 amide bonds. The molecule has 0 aromatic heterocycles. The lowest BCUT2D eigenvalue weighted by molar-refractivity contribution is -0.275. The molecule has 0 bridgehead atoms. The molecule has 1 aromatic rings. The van der Waals surface area contributed by atoms with Gasteiger partial charge in [0.25, 0.3) is 0 Å². The van der Waals surface area contributed by atoms with Crippen LogP contribution in [0.4, 0.5) is 13.2 Å². The molecule has 0 atom stereocenters. The van der Waals surface area contributed by atoms with Crippen molar-refractivity contribution in [2.24, 2.45) is 0 Å². The molecule has 0 saturated carbocycles. The van der Waals surface area contributed by atoms with Gasteiger partial charge in [-0.05, 0) is 22.0 Å². The van der Waals surface area contributed by atoms with Crippen molar-refractivity contribution in [3.05, 3.63) is 28.2 Å². The predicted molar refractivity (Wildman–Crippen MR) is 50.4 cm³/mol. The van der Waals surface area contributed by atoms with E-state index in [1.165, 1.54) is 12.1 Å². The molecule has 0 unspecified atom stereocenters. The quantitative estimate of drug-likeness (QED) is 0.745. The van der Waals surface area contributed by atoms with E-state index in [1.54, 1.807) is 6.07 Å². The SMILES string of the molecule is FC(F)(F)Oc1c(Br)cccc1CCl. The Labute approximate surface area is 91.9 Å². The smallest absolute Gasteiger partial charge is 0.404 e. The van der Waals surface area contributed by atoms with Crippen molar-refractivity contribution < 1.29 is 17.9 Å². The van der Waals surface area contributed by atoms with E-state index in [4.69, 9.17) is 11.6 Å². The van der Waals surface area contributed by atoms with Crippen LogP contribution in [0.5, 0.6) is 5.75 Å². The second kappa shape index (κ2) is 4.40. The maximum absolute atomic E-state index is 12.0. The second-order valence-corrected chi connectivity index (χ2v) is 3.53. The van der Waals surface area contributed by atoms with Gasteiger partial charge in [-0.2, -0.15) is 0 Å². The van der Waals surface area contributed by atoms with Gasteiger partial charge in [-0.15, -0.1) is 24.8 Å². The number of rotatable bonds is 2. The Bertz CT molecular complexity index is 327. The molecule has 78 valence electrons. The van der Waals surface area contributed by atoms with Crippen LogP contribution in [0.3, 0.4) is 0 Å². The third kappa shape index (κ3) is 3.06. The third-order valence-corrected chi connectivity index (χ3v) is 2.32. The molecule has 0 aliphatic heterocycles. The number of benzene rings is 1. The van der Waals surface area contributed by atoms with E-state index in [-0.39, 0.29) is 16.1 Å². The summed E-state index contributed by atoms with van der Waals surface area (Å²) >= 11 is 8.42. The average Bonchev–Trinajstić information content (AvgIpc) is 2.06. The lowest BCUT2D eigenvalue weighted by Gasteiger charge is -2.13. The Kier molecular flexibility index (Phi) is 3.66. The van der Waals surface area contributed by atoms with Crippen molar-refractivity contribution in [1.82, 2.24) is 0 Å². The monoisotopic (exact) mass is 288 g/mol. The Morgan fingerprint density at radius 3 is 2.50 bits per heavy atom. The zero-order valence-corrected chi connectivity index (χ0v) is 9.08. The minimum absolute atomic E-state index is 0.0369. The number of ether oxygens (including phenoxy) is 1. The van der Waals surface area contributed by atoms with E-state index >= 15 is 0 Å². The highest BCUT2D eigenvalue weighted by molar-refractivity contribution is 9.10. The van der Waals surface area contributed by atoms with Crippen LogP contribution in [0.15, 0.2) is 22.7 Å².